The zero-order valence-electron chi connectivity index (χ0n) is 15.6. The summed E-state index contributed by atoms with van der Waals surface area (Å²) in [6, 6.07) is 12.9. The Hall–Kier alpha value is -2.86. The highest BCUT2D eigenvalue weighted by molar-refractivity contribution is 5.95. The monoisotopic (exact) mass is 355 g/mol. The summed E-state index contributed by atoms with van der Waals surface area (Å²) in [4.78, 5) is 26.0. The van der Waals surface area contributed by atoms with Crippen molar-refractivity contribution in [3.05, 3.63) is 53.6 Å². The second-order valence-corrected chi connectivity index (χ2v) is 6.24. The van der Waals surface area contributed by atoms with Crippen LogP contribution >= 0.6 is 0 Å². The first-order valence-corrected chi connectivity index (χ1v) is 8.37. The molecule has 2 aromatic rings. The Morgan fingerprint density at radius 3 is 2.19 bits per heavy atom. The average Bonchev–Trinajstić information content (AvgIpc) is 2.59. The number of aryl methyl sites for hydroxylation is 1. The lowest BCUT2D eigenvalue weighted by molar-refractivity contribution is -0.119. The summed E-state index contributed by atoms with van der Waals surface area (Å²) in [5.74, 6) is 0.388. The molecule has 0 unspecified atom stereocenters. The van der Waals surface area contributed by atoms with Gasteiger partial charge < -0.3 is 15.4 Å². The quantitative estimate of drug-likeness (QED) is 0.801. The van der Waals surface area contributed by atoms with Crippen molar-refractivity contribution in [2.75, 3.05) is 37.9 Å². The molecule has 2 rings (SSSR count). The van der Waals surface area contributed by atoms with Crippen molar-refractivity contribution in [1.29, 1.82) is 0 Å². The fourth-order valence-corrected chi connectivity index (χ4v) is 2.50. The number of nitrogens with zero attached hydrogens (tertiary/aromatic N) is 1. The Balaban J connectivity index is 1.82. The minimum Gasteiger partial charge on any atom is -0.497 e. The van der Waals surface area contributed by atoms with Crippen molar-refractivity contribution in [3.8, 4) is 5.75 Å². The molecule has 0 aliphatic heterocycles. The van der Waals surface area contributed by atoms with Crippen LogP contribution in [0.5, 0.6) is 5.75 Å². The Kier molecular flexibility index (Phi) is 6.74. The van der Waals surface area contributed by atoms with E-state index in [2.05, 4.69) is 10.6 Å². The third-order valence-corrected chi connectivity index (χ3v) is 4.08. The summed E-state index contributed by atoms with van der Waals surface area (Å²) in [7, 11) is 3.32. The predicted molar refractivity (Wildman–Crippen MR) is 104 cm³/mol. The van der Waals surface area contributed by atoms with Crippen LogP contribution in [0, 0.1) is 13.8 Å². The van der Waals surface area contributed by atoms with E-state index in [9.17, 15) is 9.59 Å². The van der Waals surface area contributed by atoms with E-state index >= 15 is 0 Å². The number of likely N-dealkylation sites (N-methyl/N-ethyl adjacent to an activating group) is 1. The van der Waals surface area contributed by atoms with Crippen molar-refractivity contribution >= 4 is 23.2 Å². The van der Waals surface area contributed by atoms with E-state index in [0.29, 0.717) is 5.69 Å². The Morgan fingerprint density at radius 2 is 1.58 bits per heavy atom. The molecule has 2 aromatic carbocycles. The van der Waals surface area contributed by atoms with Gasteiger partial charge in [-0.15, -0.1) is 0 Å². The van der Waals surface area contributed by atoms with E-state index < -0.39 is 0 Å². The van der Waals surface area contributed by atoms with Crippen molar-refractivity contribution in [3.63, 3.8) is 0 Å². The number of anilines is 2. The third-order valence-electron chi connectivity index (χ3n) is 4.08. The Labute approximate surface area is 154 Å². The third kappa shape index (κ3) is 5.60. The maximum atomic E-state index is 12.2. The fourth-order valence-electron chi connectivity index (χ4n) is 2.50. The summed E-state index contributed by atoms with van der Waals surface area (Å²) in [6.45, 7) is 4.22. The highest BCUT2D eigenvalue weighted by atomic mass is 16.5. The molecule has 26 heavy (non-hydrogen) atoms. The van der Waals surface area contributed by atoms with Gasteiger partial charge >= 0.3 is 0 Å². The lowest BCUT2D eigenvalue weighted by Crippen LogP contribution is -2.36. The smallest absolute Gasteiger partial charge is 0.238 e. The van der Waals surface area contributed by atoms with E-state index in [1.807, 2.05) is 32.0 Å². The number of carbonyl (C=O) groups excluding carboxylic acids is 2. The molecule has 6 nitrogen and oxygen atoms in total. The molecular weight excluding hydrogens is 330 g/mol. The molecule has 0 saturated heterocycles. The number of hydrogen-bond donors (Lipinski definition) is 2. The number of hydrogen-bond acceptors (Lipinski definition) is 4. The zero-order valence-corrected chi connectivity index (χ0v) is 15.6. The largest absolute Gasteiger partial charge is 0.497 e. The van der Waals surface area contributed by atoms with Crippen LogP contribution in [0.2, 0.25) is 0 Å². The number of rotatable bonds is 7. The number of methoxy groups -OCH3 is 1. The molecule has 0 radical (unpaired) electrons. The molecule has 0 aliphatic carbocycles. The molecule has 0 bridgehead atoms. The van der Waals surface area contributed by atoms with Crippen molar-refractivity contribution in [1.82, 2.24) is 4.90 Å². The summed E-state index contributed by atoms with van der Waals surface area (Å²) in [6.07, 6.45) is 0. The van der Waals surface area contributed by atoms with Crippen LogP contribution in [-0.4, -0.2) is 44.0 Å². The average molecular weight is 355 g/mol. The van der Waals surface area contributed by atoms with Crippen molar-refractivity contribution in [2.24, 2.45) is 0 Å². The summed E-state index contributed by atoms with van der Waals surface area (Å²) >= 11 is 0. The SMILES string of the molecule is COc1ccc(NC(=O)CN(C)CC(=O)Nc2cccc(C)c2C)cc1. The van der Waals surface area contributed by atoms with E-state index in [0.717, 1.165) is 22.6 Å². The second-order valence-electron chi connectivity index (χ2n) is 6.24. The van der Waals surface area contributed by atoms with Gasteiger partial charge in [-0.3, -0.25) is 14.5 Å². The number of carbonyl (C=O) groups is 2. The Bertz CT molecular complexity index is 772. The van der Waals surface area contributed by atoms with Crippen LogP contribution in [-0.2, 0) is 9.59 Å². The molecule has 0 heterocycles. The standard InChI is InChI=1S/C20H25N3O3/c1-14-6-5-7-18(15(14)2)22-20(25)13-23(3)12-19(24)21-16-8-10-17(26-4)11-9-16/h5-11H,12-13H2,1-4H3,(H,21,24)(H,22,25). The van der Waals surface area contributed by atoms with Crippen LogP contribution < -0.4 is 15.4 Å². The zero-order chi connectivity index (χ0) is 19.1. The van der Waals surface area contributed by atoms with Gasteiger partial charge in [0.1, 0.15) is 5.75 Å². The topological polar surface area (TPSA) is 70.7 Å². The van der Waals surface area contributed by atoms with Gasteiger partial charge in [0.05, 0.1) is 20.2 Å². The summed E-state index contributed by atoms with van der Waals surface area (Å²) in [5, 5.41) is 5.69. The van der Waals surface area contributed by atoms with E-state index in [-0.39, 0.29) is 24.9 Å². The van der Waals surface area contributed by atoms with Crippen LogP contribution in [0.25, 0.3) is 0 Å². The fraction of sp³-hybridized carbons (Fsp3) is 0.300. The van der Waals surface area contributed by atoms with Crippen LogP contribution in [0.1, 0.15) is 11.1 Å². The minimum atomic E-state index is -0.183. The van der Waals surface area contributed by atoms with Gasteiger partial charge in [-0.05, 0) is 62.4 Å². The molecular formula is C20H25N3O3. The Morgan fingerprint density at radius 1 is 0.962 bits per heavy atom. The van der Waals surface area contributed by atoms with Crippen molar-refractivity contribution < 1.29 is 14.3 Å². The number of amides is 2. The first kappa shape index (κ1) is 19.5. The number of nitrogens with one attached hydrogen (secondary N) is 2. The minimum absolute atomic E-state index is 0.117. The van der Waals surface area contributed by atoms with Gasteiger partial charge in [-0.1, -0.05) is 12.1 Å². The lowest BCUT2D eigenvalue weighted by atomic mass is 10.1. The van der Waals surface area contributed by atoms with Gasteiger partial charge in [-0.25, -0.2) is 0 Å². The van der Waals surface area contributed by atoms with Crippen LogP contribution in [0.4, 0.5) is 11.4 Å². The van der Waals surface area contributed by atoms with Gasteiger partial charge in [0.25, 0.3) is 0 Å². The maximum Gasteiger partial charge on any atom is 0.238 e. The normalized spacial score (nSPS) is 10.5. The molecule has 138 valence electrons. The summed E-state index contributed by atoms with van der Waals surface area (Å²) < 4.78 is 5.08. The molecule has 6 heteroatoms. The van der Waals surface area contributed by atoms with E-state index in [1.54, 1.807) is 43.3 Å². The molecule has 2 N–H and O–H groups in total. The first-order valence-electron chi connectivity index (χ1n) is 8.37. The van der Waals surface area contributed by atoms with Crippen LogP contribution in [0.15, 0.2) is 42.5 Å². The van der Waals surface area contributed by atoms with Gasteiger partial charge in [0.15, 0.2) is 0 Å². The van der Waals surface area contributed by atoms with Crippen molar-refractivity contribution in [2.45, 2.75) is 13.8 Å². The lowest BCUT2D eigenvalue weighted by Gasteiger charge is -2.17. The van der Waals surface area contributed by atoms with Crippen LogP contribution in [0.3, 0.4) is 0 Å². The molecule has 0 atom stereocenters. The summed E-state index contributed by atoms with van der Waals surface area (Å²) in [5.41, 5.74) is 3.64. The highest BCUT2D eigenvalue weighted by Crippen LogP contribution is 2.18. The van der Waals surface area contributed by atoms with E-state index in [4.69, 9.17) is 4.74 Å². The van der Waals surface area contributed by atoms with E-state index in [1.165, 1.54) is 0 Å². The molecule has 0 saturated carbocycles. The number of ether oxygens (including phenoxy) is 1. The maximum absolute atomic E-state index is 12.2. The van der Waals surface area contributed by atoms with Gasteiger partial charge in [-0.2, -0.15) is 0 Å². The molecule has 0 aromatic heterocycles. The molecule has 2 amide bonds. The molecule has 0 aliphatic rings. The van der Waals surface area contributed by atoms with Gasteiger partial charge in [0, 0.05) is 11.4 Å². The molecule has 0 spiro atoms. The van der Waals surface area contributed by atoms with Gasteiger partial charge in [0.2, 0.25) is 11.8 Å². The molecule has 0 fully saturated rings. The highest BCUT2D eigenvalue weighted by Gasteiger charge is 2.12. The predicted octanol–water partition coefficient (Wildman–Crippen LogP) is 2.82. The second kappa shape index (κ2) is 9.01. The number of benzene rings is 2. The first-order chi connectivity index (χ1) is 12.4.